The molecule has 0 saturated carbocycles. The Morgan fingerprint density at radius 2 is 1.62 bits per heavy atom. The maximum Gasteiger partial charge on any atom is 0.201 e. The monoisotopic (exact) mass is 280 g/mol. The number of allylic oxidation sites excluding steroid dienone is 1. The number of hydrogen-bond acceptors (Lipinski definition) is 3. The van der Waals surface area contributed by atoms with Gasteiger partial charge in [0.05, 0.1) is 4.48 Å². The summed E-state index contributed by atoms with van der Waals surface area (Å²) < 4.78 is 0.269. The number of ketones is 2. The average Bonchev–Trinajstić information content (AvgIpc) is 2.32. The number of aliphatic hydroxyl groups is 1. The zero-order chi connectivity index (χ0) is 11.7. The molecule has 0 heterocycles. The number of carbonyl (C=O) groups is 2. The van der Waals surface area contributed by atoms with Crippen molar-refractivity contribution in [3.63, 3.8) is 0 Å². The second-order valence-corrected chi connectivity index (χ2v) is 4.26. The number of carbonyl (C=O) groups excluding carboxylic acids is 2. The predicted octanol–water partition coefficient (Wildman–Crippen LogP) is 2.10. The zero-order valence-corrected chi connectivity index (χ0v) is 9.95. The molecule has 82 valence electrons. The Hall–Kier alpha value is -1.26. The van der Waals surface area contributed by atoms with Gasteiger partial charge in [0.25, 0.3) is 0 Å². The molecule has 2 rings (SSSR count). The van der Waals surface area contributed by atoms with Crippen LogP contribution >= 0.6 is 15.9 Å². The van der Waals surface area contributed by atoms with Crippen LogP contribution in [-0.2, 0) is 0 Å². The van der Waals surface area contributed by atoms with E-state index in [2.05, 4.69) is 15.9 Å². The number of halogens is 1. The number of aliphatic hydroxyl groups excluding tert-OH is 1. The highest BCUT2D eigenvalue weighted by molar-refractivity contribution is 9.12. The van der Waals surface area contributed by atoms with Gasteiger partial charge >= 0.3 is 0 Å². The van der Waals surface area contributed by atoms with E-state index in [-0.39, 0.29) is 29.1 Å². The van der Waals surface area contributed by atoms with Crippen molar-refractivity contribution < 1.29 is 14.7 Å². The van der Waals surface area contributed by atoms with Crippen LogP contribution in [0.4, 0.5) is 0 Å². The normalized spacial score (nSPS) is 15.4. The lowest BCUT2D eigenvalue weighted by atomic mass is 9.88. The van der Waals surface area contributed by atoms with Gasteiger partial charge in [-0.25, -0.2) is 0 Å². The third kappa shape index (κ3) is 1.64. The number of hydrogen-bond donors (Lipinski definition) is 1. The van der Waals surface area contributed by atoms with Crippen molar-refractivity contribution in [3.05, 3.63) is 45.4 Å². The number of Topliss-reactive ketones (excluding diaryl/α,β-unsaturated/α-hetero) is 2. The van der Waals surface area contributed by atoms with Gasteiger partial charge in [0, 0.05) is 29.7 Å². The van der Waals surface area contributed by atoms with Gasteiger partial charge < -0.3 is 5.11 Å². The fraction of sp³-hybridized carbons (Fsp3) is 0.167. The highest BCUT2D eigenvalue weighted by Gasteiger charge is 2.29. The molecule has 0 saturated heterocycles. The molecule has 0 atom stereocenters. The van der Waals surface area contributed by atoms with Crippen molar-refractivity contribution in [2.75, 3.05) is 6.61 Å². The van der Waals surface area contributed by atoms with Gasteiger partial charge in [0.1, 0.15) is 0 Å². The molecule has 1 aliphatic carbocycles. The SMILES string of the molecule is O=C1C(Br)=C(CCO)C(=O)c2ccccc21. The fourth-order valence-electron chi connectivity index (χ4n) is 1.73. The highest BCUT2D eigenvalue weighted by Crippen LogP contribution is 2.30. The minimum atomic E-state index is -0.196. The third-order valence-corrected chi connectivity index (χ3v) is 3.36. The molecule has 0 aromatic heterocycles. The summed E-state index contributed by atoms with van der Waals surface area (Å²) in [7, 11) is 0. The van der Waals surface area contributed by atoms with E-state index in [4.69, 9.17) is 5.11 Å². The lowest BCUT2D eigenvalue weighted by Crippen LogP contribution is -2.20. The summed E-state index contributed by atoms with van der Waals surface area (Å²) >= 11 is 3.13. The first-order valence-corrected chi connectivity index (χ1v) is 5.64. The minimum Gasteiger partial charge on any atom is -0.396 e. The van der Waals surface area contributed by atoms with Crippen LogP contribution in [0.1, 0.15) is 27.1 Å². The van der Waals surface area contributed by atoms with Crippen LogP contribution in [0.5, 0.6) is 0 Å². The van der Waals surface area contributed by atoms with Crippen molar-refractivity contribution in [3.8, 4) is 0 Å². The van der Waals surface area contributed by atoms with Crippen molar-refractivity contribution in [1.29, 1.82) is 0 Å². The molecule has 0 radical (unpaired) electrons. The van der Waals surface area contributed by atoms with E-state index in [1.54, 1.807) is 24.3 Å². The average molecular weight is 281 g/mol. The van der Waals surface area contributed by atoms with Gasteiger partial charge in [-0.05, 0) is 15.9 Å². The van der Waals surface area contributed by atoms with Gasteiger partial charge in [-0.2, -0.15) is 0 Å². The molecule has 1 N–H and O–H groups in total. The van der Waals surface area contributed by atoms with Crippen LogP contribution in [0.15, 0.2) is 34.3 Å². The van der Waals surface area contributed by atoms with Gasteiger partial charge in [-0.15, -0.1) is 0 Å². The first-order chi connectivity index (χ1) is 7.66. The molecule has 0 amide bonds. The zero-order valence-electron chi connectivity index (χ0n) is 8.37. The van der Waals surface area contributed by atoms with Crippen LogP contribution in [0.2, 0.25) is 0 Å². The van der Waals surface area contributed by atoms with Gasteiger partial charge in [0.15, 0.2) is 5.78 Å². The molecule has 1 aliphatic rings. The van der Waals surface area contributed by atoms with Crippen molar-refractivity contribution >= 4 is 27.5 Å². The van der Waals surface area contributed by atoms with E-state index >= 15 is 0 Å². The molecule has 0 aliphatic heterocycles. The second-order valence-electron chi connectivity index (χ2n) is 3.47. The van der Waals surface area contributed by atoms with E-state index in [1.807, 2.05) is 0 Å². The number of rotatable bonds is 2. The van der Waals surface area contributed by atoms with E-state index < -0.39 is 0 Å². The molecular weight excluding hydrogens is 272 g/mol. The largest absolute Gasteiger partial charge is 0.396 e. The summed E-state index contributed by atoms with van der Waals surface area (Å²) in [6.45, 7) is -0.147. The molecule has 0 unspecified atom stereocenters. The molecule has 0 bridgehead atoms. The van der Waals surface area contributed by atoms with Crippen LogP contribution in [0, 0.1) is 0 Å². The molecule has 1 aromatic carbocycles. The van der Waals surface area contributed by atoms with Crippen LogP contribution in [-0.4, -0.2) is 23.3 Å². The number of benzene rings is 1. The first-order valence-electron chi connectivity index (χ1n) is 4.84. The van der Waals surface area contributed by atoms with E-state index in [9.17, 15) is 9.59 Å². The molecule has 3 nitrogen and oxygen atoms in total. The Morgan fingerprint density at radius 3 is 2.19 bits per heavy atom. The summed E-state index contributed by atoms with van der Waals surface area (Å²) in [6, 6.07) is 6.71. The second kappa shape index (κ2) is 4.31. The summed E-state index contributed by atoms with van der Waals surface area (Å²) in [4.78, 5) is 23.9. The fourth-order valence-corrected chi connectivity index (χ4v) is 2.32. The van der Waals surface area contributed by atoms with Gasteiger partial charge in [0.2, 0.25) is 5.78 Å². The Bertz CT molecular complexity index is 503. The first kappa shape index (κ1) is 11.2. The molecule has 16 heavy (non-hydrogen) atoms. The lowest BCUT2D eigenvalue weighted by Gasteiger charge is -2.16. The standard InChI is InChI=1S/C12H9BrO3/c13-10-9(5-6-14)11(15)7-3-1-2-4-8(7)12(10)16/h1-4,14H,5-6H2. The Labute approximate surface area is 101 Å². The summed E-state index contributed by atoms with van der Waals surface area (Å²) in [6.07, 6.45) is 0.194. The summed E-state index contributed by atoms with van der Waals surface area (Å²) in [5.41, 5.74) is 1.19. The van der Waals surface area contributed by atoms with E-state index in [0.717, 1.165) is 0 Å². The predicted molar refractivity (Wildman–Crippen MR) is 62.8 cm³/mol. The molecule has 4 heteroatoms. The smallest absolute Gasteiger partial charge is 0.201 e. The topological polar surface area (TPSA) is 54.4 Å². The van der Waals surface area contributed by atoms with Crippen molar-refractivity contribution in [1.82, 2.24) is 0 Å². The van der Waals surface area contributed by atoms with Crippen LogP contribution in [0.25, 0.3) is 0 Å². The third-order valence-electron chi connectivity index (χ3n) is 2.52. The molecule has 0 spiro atoms. The Morgan fingerprint density at radius 1 is 1.06 bits per heavy atom. The quantitative estimate of drug-likeness (QED) is 0.903. The molecule has 1 aromatic rings. The van der Waals surface area contributed by atoms with Gasteiger partial charge in [-0.1, -0.05) is 24.3 Å². The number of fused-ring (bicyclic) bond motifs is 1. The Kier molecular flexibility index (Phi) is 3.03. The summed E-state index contributed by atoms with van der Waals surface area (Å²) in [5, 5.41) is 8.87. The van der Waals surface area contributed by atoms with E-state index in [1.165, 1.54) is 0 Å². The van der Waals surface area contributed by atoms with Gasteiger partial charge in [-0.3, -0.25) is 9.59 Å². The van der Waals surface area contributed by atoms with Crippen molar-refractivity contribution in [2.24, 2.45) is 0 Å². The lowest BCUT2D eigenvalue weighted by molar-refractivity contribution is 0.0976. The van der Waals surface area contributed by atoms with E-state index in [0.29, 0.717) is 16.7 Å². The van der Waals surface area contributed by atoms with Crippen molar-refractivity contribution in [2.45, 2.75) is 6.42 Å². The summed E-state index contributed by atoms with van der Waals surface area (Å²) in [5.74, 6) is -0.380. The highest BCUT2D eigenvalue weighted by atomic mass is 79.9. The minimum absolute atomic E-state index is 0.147. The molecular formula is C12H9BrO3. The molecule has 0 fully saturated rings. The maximum absolute atomic E-state index is 12.0. The Balaban J connectivity index is 2.58. The maximum atomic E-state index is 12.0. The van der Waals surface area contributed by atoms with Crippen LogP contribution in [0.3, 0.4) is 0 Å². The van der Waals surface area contributed by atoms with Crippen LogP contribution < -0.4 is 0 Å².